The van der Waals surface area contributed by atoms with E-state index in [2.05, 4.69) is 9.97 Å². The summed E-state index contributed by atoms with van der Waals surface area (Å²) in [7, 11) is 0. The van der Waals surface area contributed by atoms with Gasteiger partial charge in [0, 0.05) is 6.20 Å². The monoisotopic (exact) mass is 328 g/mol. The molecule has 1 rings (SSSR count). The summed E-state index contributed by atoms with van der Waals surface area (Å²) >= 11 is 0. The Hall–Kier alpha value is -0.888. The molecule has 0 atom stereocenters. The molecule has 10 heavy (non-hydrogen) atoms. The second-order valence-electron chi connectivity index (χ2n) is 1.36. The zero-order valence-corrected chi connectivity index (χ0v) is 10.6. The molecule has 0 unspecified atom stereocenters. The SMILES string of the molecule is N#Cc1c[nH]c(C#N)n1.[PbH2]. The molecule has 0 aliphatic heterocycles. The number of hydrogen-bond donors (Lipinski definition) is 1. The summed E-state index contributed by atoms with van der Waals surface area (Å²) in [6.07, 6.45) is 1.39. The number of nitriles is 2. The zero-order valence-electron chi connectivity index (χ0n) is 5.13. The van der Waals surface area contributed by atoms with Crippen molar-refractivity contribution in [1.82, 2.24) is 9.97 Å². The molecule has 1 heterocycles. The third-order valence-corrected chi connectivity index (χ3v) is 0.798. The van der Waals surface area contributed by atoms with E-state index >= 15 is 0 Å². The predicted molar refractivity (Wildman–Crippen MR) is 36.6 cm³/mol. The fourth-order valence-electron chi connectivity index (χ4n) is 0.436. The van der Waals surface area contributed by atoms with Crippen molar-refractivity contribution in [2.75, 3.05) is 0 Å². The molecule has 1 aromatic rings. The molecule has 48 valence electrons. The zero-order chi connectivity index (χ0) is 6.69. The fraction of sp³-hybridized carbons (Fsp3) is 0. The number of nitrogens with one attached hydrogen (secondary N) is 1. The fourth-order valence-corrected chi connectivity index (χ4v) is 0.436. The van der Waals surface area contributed by atoms with Gasteiger partial charge in [0.05, 0.1) is 0 Å². The average molecular weight is 327 g/mol. The molecular formula is C5H4N4Pb. The van der Waals surface area contributed by atoms with E-state index in [-0.39, 0.29) is 38.8 Å². The summed E-state index contributed by atoms with van der Waals surface area (Å²) in [6, 6.07) is 3.55. The molecule has 0 bridgehead atoms. The Labute approximate surface area is 77.7 Å². The molecule has 0 fully saturated rings. The summed E-state index contributed by atoms with van der Waals surface area (Å²) in [5.74, 6) is 0.173. The van der Waals surface area contributed by atoms with Crippen LogP contribution in [-0.2, 0) is 0 Å². The Kier molecular flexibility index (Phi) is 3.66. The number of H-pyrrole nitrogens is 1. The van der Waals surface area contributed by atoms with E-state index < -0.39 is 0 Å². The number of imidazole rings is 1. The van der Waals surface area contributed by atoms with Crippen LogP contribution in [0.3, 0.4) is 0 Å². The summed E-state index contributed by atoms with van der Waals surface area (Å²) in [5.41, 5.74) is 0.242. The summed E-state index contributed by atoms with van der Waals surface area (Å²) in [4.78, 5) is 6.08. The van der Waals surface area contributed by atoms with Crippen LogP contribution < -0.4 is 0 Å². The standard InChI is InChI=1S/C5H2N4.Pb.2H/c6-1-4-3-8-5(2-7)9-4;;;/h3H,(H,8,9);;;. The normalized spacial score (nSPS) is 7.00. The van der Waals surface area contributed by atoms with Gasteiger partial charge in [0.25, 0.3) is 0 Å². The molecule has 0 aliphatic carbocycles. The van der Waals surface area contributed by atoms with Crippen LogP contribution in [0.1, 0.15) is 11.5 Å². The number of aromatic amines is 1. The van der Waals surface area contributed by atoms with Crippen molar-refractivity contribution in [1.29, 1.82) is 10.5 Å². The van der Waals surface area contributed by atoms with Crippen LogP contribution in [0.15, 0.2) is 6.20 Å². The van der Waals surface area contributed by atoms with Crippen molar-refractivity contribution >= 4 is 27.3 Å². The van der Waals surface area contributed by atoms with E-state index in [1.165, 1.54) is 6.20 Å². The first-order chi connectivity index (χ1) is 4.36. The van der Waals surface area contributed by atoms with Crippen molar-refractivity contribution in [2.45, 2.75) is 0 Å². The van der Waals surface area contributed by atoms with Crippen molar-refractivity contribution in [3.8, 4) is 12.1 Å². The van der Waals surface area contributed by atoms with E-state index in [1.54, 1.807) is 12.1 Å². The Morgan fingerprint density at radius 3 is 2.40 bits per heavy atom. The van der Waals surface area contributed by atoms with E-state index in [0.29, 0.717) is 0 Å². The van der Waals surface area contributed by atoms with Gasteiger partial charge in [-0.25, -0.2) is 4.98 Å². The summed E-state index contributed by atoms with van der Waals surface area (Å²) in [6.45, 7) is 0. The Morgan fingerprint density at radius 2 is 2.10 bits per heavy atom. The molecule has 0 aliphatic rings. The number of hydrogen-bond acceptors (Lipinski definition) is 3. The van der Waals surface area contributed by atoms with Crippen LogP contribution in [0, 0.1) is 22.7 Å². The van der Waals surface area contributed by atoms with Crippen LogP contribution in [-0.4, -0.2) is 37.3 Å². The maximum absolute atomic E-state index is 8.20. The van der Waals surface area contributed by atoms with Crippen LogP contribution >= 0.6 is 0 Å². The number of aromatic nitrogens is 2. The van der Waals surface area contributed by atoms with Crippen LogP contribution in [0.2, 0.25) is 0 Å². The molecule has 2 radical (unpaired) electrons. The second kappa shape index (κ2) is 4.01. The van der Waals surface area contributed by atoms with Crippen LogP contribution in [0.5, 0.6) is 0 Å². The van der Waals surface area contributed by atoms with Gasteiger partial charge in [-0.05, 0) is 0 Å². The predicted octanol–water partition coefficient (Wildman–Crippen LogP) is -0.763. The number of rotatable bonds is 0. The third kappa shape index (κ3) is 1.81. The van der Waals surface area contributed by atoms with E-state index in [4.69, 9.17) is 10.5 Å². The molecule has 0 amide bonds. The average Bonchev–Trinajstić information content (AvgIpc) is 2.34. The second-order valence-corrected chi connectivity index (χ2v) is 1.36. The van der Waals surface area contributed by atoms with Gasteiger partial charge in [0.1, 0.15) is 12.1 Å². The van der Waals surface area contributed by atoms with E-state index in [1.807, 2.05) is 0 Å². The first kappa shape index (κ1) is 9.11. The van der Waals surface area contributed by atoms with Gasteiger partial charge >= 0.3 is 27.3 Å². The first-order valence-electron chi connectivity index (χ1n) is 2.22. The maximum atomic E-state index is 8.20. The molecule has 1 aromatic heterocycles. The van der Waals surface area contributed by atoms with Gasteiger partial charge in [0.15, 0.2) is 5.69 Å². The van der Waals surface area contributed by atoms with Crippen molar-refractivity contribution < 1.29 is 0 Å². The minimum atomic E-state index is 0. The van der Waals surface area contributed by atoms with Gasteiger partial charge < -0.3 is 4.98 Å². The summed E-state index contributed by atoms with van der Waals surface area (Å²) < 4.78 is 0. The molecule has 1 N–H and O–H groups in total. The molecule has 0 saturated carbocycles. The first-order valence-corrected chi connectivity index (χ1v) is 2.22. The third-order valence-electron chi connectivity index (χ3n) is 0.798. The summed E-state index contributed by atoms with van der Waals surface area (Å²) in [5, 5.41) is 16.4. The van der Waals surface area contributed by atoms with Crippen molar-refractivity contribution in [3.05, 3.63) is 17.7 Å². The van der Waals surface area contributed by atoms with Gasteiger partial charge in [-0.1, -0.05) is 0 Å². The van der Waals surface area contributed by atoms with E-state index in [9.17, 15) is 0 Å². The van der Waals surface area contributed by atoms with E-state index in [0.717, 1.165) is 0 Å². The van der Waals surface area contributed by atoms with Crippen molar-refractivity contribution in [2.24, 2.45) is 0 Å². The van der Waals surface area contributed by atoms with Crippen molar-refractivity contribution in [3.63, 3.8) is 0 Å². The Bertz CT molecular complexity index is 261. The molecular weight excluding hydrogens is 323 g/mol. The molecule has 0 aromatic carbocycles. The van der Waals surface area contributed by atoms with Gasteiger partial charge in [-0.2, -0.15) is 10.5 Å². The van der Waals surface area contributed by atoms with Gasteiger partial charge in [0.2, 0.25) is 5.82 Å². The molecule has 4 nitrogen and oxygen atoms in total. The minimum absolute atomic E-state index is 0. The Balaban J connectivity index is 0.000000810. The topological polar surface area (TPSA) is 76.3 Å². The van der Waals surface area contributed by atoms with Gasteiger partial charge in [-0.15, -0.1) is 0 Å². The Morgan fingerprint density at radius 1 is 1.40 bits per heavy atom. The quantitative estimate of drug-likeness (QED) is 0.636. The molecule has 0 saturated heterocycles. The number of nitrogens with zero attached hydrogens (tertiary/aromatic N) is 3. The van der Waals surface area contributed by atoms with Crippen LogP contribution in [0.4, 0.5) is 0 Å². The molecule has 5 heteroatoms. The molecule has 0 spiro atoms. The van der Waals surface area contributed by atoms with Crippen LogP contribution in [0.25, 0.3) is 0 Å². The van der Waals surface area contributed by atoms with Gasteiger partial charge in [-0.3, -0.25) is 0 Å².